The predicted octanol–water partition coefficient (Wildman–Crippen LogP) is 3.41. The smallest absolute Gasteiger partial charge is 0.247 e. The fraction of sp³-hybridized carbons (Fsp3) is 0.350. The van der Waals surface area contributed by atoms with E-state index < -0.39 is 10.0 Å². The Kier molecular flexibility index (Phi) is 5.76. The van der Waals surface area contributed by atoms with Crippen molar-refractivity contribution in [3.8, 4) is 0 Å². The highest BCUT2D eigenvalue weighted by molar-refractivity contribution is 7.92. The summed E-state index contributed by atoms with van der Waals surface area (Å²) in [6.07, 6.45) is 1.11. The Hall–Kier alpha value is -2.34. The van der Waals surface area contributed by atoms with Gasteiger partial charge in [0.25, 0.3) is 0 Å². The number of nitrogens with zero attached hydrogens (tertiary/aromatic N) is 2. The molecule has 0 aliphatic carbocycles. The molecule has 6 heteroatoms. The van der Waals surface area contributed by atoms with Crippen LogP contribution in [-0.2, 0) is 20.2 Å². The van der Waals surface area contributed by atoms with E-state index in [1.807, 2.05) is 30.3 Å². The number of anilines is 2. The first-order valence-electron chi connectivity index (χ1n) is 8.40. The number of benzene rings is 2. The molecule has 2 aromatic carbocycles. The molecule has 0 fully saturated rings. The van der Waals surface area contributed by atoms with Crippen LogP contribution in [0.15, 0.2) is 54.6 Å². The van der Waals surface area contributed by atoms with Crippen molar-refractivity contribution in [3.63, 3.8) is 0 Å². The lowest BCUT2D eigenvalue weighted by molar-refractivity contribution is -0.116. The Bertz CT molecular complexity index is 854. The van der Waals surface area contributed by atoms with Gasteiger partial charge >= 0.3 is 0 Å². The van der Waals surface area contributed by atoms with Crippen LogP contribution in [0.5, 0.6) is 0 Å². The molecule has 0 aliphatic rings. The molecule has 1 amide bonds. The SMILES string of the molecule is CN(C(=O)CN(c1ccc(C(C)(C)C)cc1)S(C)(=O)=O)c1ccccc1. The first-order valence-corrected chi connectivity index (χ1v) is 10.2. The molecule has 0 saturated heterocycles. The largest absolute Gasteiger partial charge is 0.314 e. The maximum Gasteiger partial charge on any atom is 0.247 e. The standard InChI is InChI=1S/C20H26N2O3S/c1-20(2,3)16-11-13-18(14-12-16)22(26(5,24)25)15-19(23)21(4)17-9-7-6-8-10-17/h6-14H,15H2,1-5H3. The minimum Gasteiger partial charge on any atom is -0.314 e. The molecular formula is C20H26N2O3S. The van der Waals surface area contributed by atoms with Crippen LogP contribution in [0.1, 0.15) is 26.3 Å². The number of rotatable bonds is 5. The van der Waals surface area contributed by atoms with E-state index in [0.29, 0.717) is 11.4 Å². The molecule has 0 atom stereocenters. The van der Waals surface area contributed by atoms with Crippen LogP contribution in [0.4, 0.5) is 11.4 Å². The monoisotopic (exact) mass is 374 g/mol. The van der Waals surface area contributed by atoms with Gasteiger partial charge in [-0.25, -0.2) is 8.42 Å². The van der Waals surface area contributed by atoms with Gasteiger partial charge in [-0.2, -0.15) is 0 Å². The van der Waals surface area contributed by atoms with E-state index in [-0.39, 0.29) is 17.9 Å². The van der Waals surface area contributed by atoms with E-state index in [2.05, 4.69) is 20.8 Å². The van der Waals surface area contributed by atoms with Crippen LogP contribution in [0.3, 0.4) is 0 Å². The summed E-state index contributed by atoms with van der Waals surface area (Å²) in [6, 6.07) is 16.4. The zero-order valence-corrected chi connectivity index (χ0v) is 16.7. The van der Waals surface area contributed by atoms with Crippen molar-refractivity contribution in [2.24, 2.45) is 0 Å². The second-order valence-electron chi connectivity index (χ2n) is 7.35. The fourth-order valence-corrected chi connectivity index (χ4v) is 3.40. The minimum atomic E-state index is -3.59. The topological polar surface area (TPSA) is 57.7 Å². The van der Waals surface area contributed by atoms with Crippen molar-refractivity contribution >= 4 is 27.3 Å². The van der Waals surface area contributed by atoms with E-state index in [4.69, 9.17) is 0 Å². The maximum absolute atomic E-state index is 12.6. The lowest BCUT2D eigenvalue weighted by Gasteiger charge is -2.26. The molecule has 0 spiro atoms. The number of hydrogen-bond acceptors (Lipinski definition) is 3. The Morgan fingerprint density at radius 3 is 1.92 bits per heavy atom. The first kappa shape index (κ1) is 20.0. The van der Waals surface area contributed by atoms with Crippen molar-refractivity contribution in [1.29, 1.82) is 0 Å². The molecule has 0 heterocycles. The summed E-state index contributed by atoms with van der Waals surface area (Å²) in [5.74, 6) is -0.304. The van der Waals surface area contributed by atoms with Gasteiger partial charge < -0.3 is 4.90 Å². The molecule has 26 heavy (non-hydrogen) atoms. The fourth-order valence-electron chi connectivity index (χ4n) is 2.55. The molecule has 0 saturated carbocycles. The lowest BCUT2D eigenvalue weighted by Crippen LogP contribution is -2.41. The number of likely N-dealkylation sites (N-methyl/N-ethyl adjacent to an activating group) is 1. The molecule has 2 rings (SSSR count). The normalized spacial score (nSPS) is 11.9. The summed E-state index contributed by atoms with van der Waals surface area (Å²) in [7, 11) is -1.95. The number of carbonyl (C=O) groups excluding carboxylic acids is 1. The van der Waals surface area contributed by atoms with E-state index >= 15 is 0 Å². The van der Waals surface area contributed by atoms with Crippen LogP contribution in [-0.4, -0.2) is 34.2 Å². The van der Waals surface area contributed by atoms with Crippen LogP contribution in [0.25, 0.3) is 0 Å². The third-order valence-corrected chi connectivity index (χ3v) is 5.36. The van der Waals surface area contributed by atoms with Gasteiger partial charge in [-0.15, -0.1) is 0 Å². The Balaban J connectivity index is 2.27. The average Bonchev–Trinajstić information content (AvgIpc) is 2.58. The second-order valence-corrected chi connectivity index (χ2v) is 9.26. The van der Waals surface area contributed by atoms with Gasteiger partial charge in [-0.1, -0.05) is 51.1 Å². The summed E-state index contributed by atoms with van der Waals surface area (Å²) in [4.78, 5) is 14.1. The Morgan fingerprint density at radius 1 is 0.923 bits per heavy atom. The third kappa shape index (κ3) is 4.85. The van der Waals surface area contributed by atoms with Gasteiger partial charge in [0.15, 0.2) is 0 Å². The van der Waals surface area contributed by atoms with Gasteiger partial charge in [0.1, 0.15) is 6.54 Å². The molecule has 0 aliphatic heterocycles. The molecule has 2 aromatic rings. The molecule has 140 valence electrons. The van der Waals surface area contributed by atoms with Crippen molar-refractivity contribution in [2.75, 3.05) is 29.1 Å². The van der Waals surface area contributed by atoms with E-state index in [1.165, 1.54) is 4.90 Å². The summed E-state index contributed by atoms with van der Waals surface area (Å²) in [5, 5.41) is 0. The number of para-hydroxylation sites is 1. The van der Waals surface area contributed by atoms with Gasteiger partial charge in [-0.05, 0) is 35.2 Å². The second kappa shape index (κ2) is 7.50. The highest BCUT2D eigenvalue weighted by atomic mass is 32.2. The molecule has 5 nitrogen and oxygen atoms in total. The van der Waals surface area contributed by atoms with Gasteiger partial charge in [-0.3, -0.25) is 9.10 Å². The molecule has 0 radical (unpaired) electrons. The lowest BCUT2D eigenvalue weighted by atomic mass is 9.87. The molecule has 0 bridgehead atoms. The zero-order chi connectivity index (χ0) is 19.5. The van der Waals surface area contributed by atoms with E-state index in [9.17, 15) is 13.2 Å². The number of hydrogen-bond donors (Lipinski definition) is 0. The van der Waals surface area contributed by atoms with Crippen LogP contribution < -0.4 is 9.21 Å². The van der Waals surface area contributed by atoms with Crippen molar-refractivity contribution in [2.45, 2.75) is 26.2 Å². The van der Waals surface area contributed by atoms with Crippen LogP contribution in [0.2, 0.25) is 0 Å². The number of sulfonamides is 1. The molecule has 0 aromatic heterocycles. The van der Waals surface area contributed by atoms with Crippen LogP contribution in [0, 0.1) is 0 Å². The predicted molar refractivity (Wildman–Crippen MR) is 107 cm³/mol. The van der Waals surface area contributed by atoms with Gasteiger partial charge in [0.2, 0.25) is 15.9 Å². The molecular weight excluding hydrogens is 348 g/mol. The minimum absolute atomic E-state index is 0.0300. The van der Waals surface area contributed by atoms with Crippen LogP contribution >= 0.6 is 0 Å². The van der Waals surface area contributed by atoms with E-state index in [0.717, 1.165) is 16.1 Å². The van der Waals surface area contributed by atoms with Crippen molar-refractivity contribution in [3.05, 3.63) is 60.2 Å². The number of amides is 1. The number of carbonyl (C=O) groups is 1. The summed E-state index contributed by atoms with van der Waals surface area (Å²) in [5.41, 5.74) is 2.27. The first-order chi connectivity index (χ1) is 12.0. The maximum atomic E-state index is 12.6. The van der Waals surface area contributed by atoms with Crippen molar-refractivity contribution < 1.29 is 13.2 Å². The third-order valence-electron chi connectivity index (χ3n) is 4.22. The average molecular weight is 375 g/mol. The highest BCUT2D eigenvalue weighted by Crippen LogP contribution is 2.26. The highest BCUT2D eigenvalue weighted by Gasteiger charge is 2.24. The van der Waals surface area contributed by atoms with Gasteiger partial charge in [0, 0.05) is 12.7 Å². The van der Waals surface area contributed by atoms with Crippen molar-refractivity contribution in [1.82, 2.24) is 0 Å². The van der Waals surface area contributed by atoms with E-state index in [1.54, 1.807) is 31.3 Å². The van der Waals surface area contributed by atoms with Gasteiger partial charge in [0.05, 0.1) is 11.9 Å². The summed E-state index contributed by atoms with van der Waals surface area (Å²) < 4.78 is 25.7. The zero-order valence-electron chi connectivity index (χ0n) is 15.9. The summed E-state index contributed by atoms with van der Waals surface area (Å²) >= 11 is 0. The Morgan fingerprint density at radius 2 is 1.46 bits per heavy atom. The molecule has 0 unspecified atom stereocenters. The Labute approximate surface area is 156 Å². The quantitative estimate of drug-likeness (QED) is 0.806. The molecule has 0 N–H and O–H groups in total. The summed E-state index contributed by atoms with van der Waals surface area (Å²) in [6.45, 7) is 6.02.